The number of nitrogens with zero attached hydrogens (tertiary/aromatic N) is 1. The van der Waals surface area contributed by atoms with Gasteiger partial charge in [-0.05, 0) is 36.6 Å². The lowest BCUT2D eigenvalue weighted by atomic mass is 9.92. The number of hydrogen-bond acceptors (Lipinski definition) is 5. The molecule has 0 unspecified atom stereocenters. The lowest BCUT2D eigenvalue weighted by Gasteiger charge is -2.18. The highest BCUT2D eigenvalue weighted by molar-refractivity contribution is 6.11. The zero-order chi connectivity index (χ0) is 26.1. The first-order valence-electron chi connectivity index (χ1n) is 12.2. The van der Waals surface area contributed by atoms with Crippen molar-refractivity contribution in [1.29, 1.82) is 0 Å². The third-order valence-corrected chi connectivity index (χ3v) is 7.01. The van der Waals surface area contributed by atoms with Gasteiger partial charge >= 0.3 is 0 Å². The van der Waals surface area contributed by atoms with Crippen molar-refractivity contribution >= 4 is 23.4 Å². The van der Waals surface area contributed by atoms with Gasteiger partial charge in [-0.25, -0.2) is 4.39 Å². The summed E-state index contributed by atoms with van der Waals surface area (Å²) >= 11 is 0. The smallest absolute Gasteiger partial charge is 0.255 e. The average Bonchev–Trinajstić information content (AvgIpc) is 3.56. The molecule has 3 amide bonds. The number of fused-ring (bicyclic) bond motifs is 1. The molecule has 1 aliphatic carbocycles. The van der Waals surface area contributed by atoms with E-state index in [-0.39, 0.29) is 41.7 Å². The molecule has 37 heavy (non-hydrogen) atoms. The topological polar surface area (TPSA) is 123 Å². The highest BCUT2D eigenvalue weighted by Crippen LogP contribution is 2.42. The van der Waals surface area contributed by atoms with Crippen LogP contribution in [0.1, 0.15) is 69.1 Å². The van der Waals surface area contributed by atoms with Gasteiger partial charge in [0.1, 0.15) is 11.6 Å². The predicted octanol–water partition coefficient (Wildman–Crippen LogP) is 4.08. The van der Waals surface area contributed by atoms with Crippen molar-refractivity contribution < 1.29 is 23.5 Å². The van der Waals surface area contributed by atoms with Crippen LogP contribution in [0.5, 0.6) is 5.75 Å². The fourth-order valence-corrected chi connectivity index (χ4v) is 5.20. The first-order valence-corrected chi connectivity index (χ1v) is 12.2. The van der Waals surface area contributed by atoms with Crippen molar-refractivity contribution in [3.63, 3.8) is 0 Å². The minimum atomic E-state index is -0.653. The number of anilines is 1. The Labute approximate surface area is 213 Å². The Balaban J connectivity index is 1.43. The van der Waals surface area contributed by atoms with Gasteiger partial charge in [-0.2, -0.15) is 0 Å². The van der Waals surface area contributed by atoms with Gasteiger partial charge in [0.15, 0.2) is 0 Å². The molecule has 0 bridgehead atoms. The lowest BCUT2D eigenvalue weighted by molar-refractivity contribution is -0.115. The van der Waals surface area contributed by atoms with E-state index < -0.39 is 17.6 Å². The summed E-state index contributed by atoms with van der Waals surface area (Å²) in [5.74, 6) is -1.29. The molecule has 2 heterocycles. The molecule has 1 saturated carbocycles. The number of halogens is 1. The van der Waals surface area contributed by atoms with Crippen molar-refractivity contribution in [2.45, 2.75) is 44.6 Å². The Morgan fingerprint density at radius 2 is 1.89 bits per heavy atom. The fraction of sp³-hybridized carbons (Fsp3) is 0.286. The summed E-state index contributed by atoms with van der Waals surface area (Å²) in [5, 5.41) is 5.60. The van der Waals surface area contributed by atoms with Gasteiger partial charge in [0.05, 0.1) is 41.7 Å². The van der Waals surface area contributed by atoms with E-state index in [9.17, 15) is 18.8 Å². The maximum absolute atomic E-state index is 13.6. The number of hydrogen-bond donors (Lipinski definition) is 3. The van der Waals surface area contributed by atoms with Crippen molar-refractivity contribution in [3.8, 4) is 17.0 Å². The quantitative estimate of drug-likeness (QED) is 0.449. The number of carbonyl (C=O) groups excluding carboxylic acids is 3. The number of primary amides is 1. The normalized spacial score (nSPS) is 14.8. The molecule has 1 fully saturated rings. The number of amides is 3. The molecule has 4 N–H and O–H groups in total. The third-order valence-electron chi connectivity index (χ3n) is 7.01. The standard InChI is InChI=1S/C28H27FN4O4/c1-37-21-11-10-18(29)12-19(21)28(36)31-14-15-6-8-17(9-7-15)25-23(27(30)35)26-20(13-22(34)32-26)24(33-25)16-4-2-3-5-16/h6-12,16H,2-5,13-14H2,1H3,(H2,30,35)(H,31,36)(H,32,34). The molecule has 0 radical (unpaired) electrons. The van der Waals surface area contributed by atoms with Crippen molar-refractivity contribution in [2.75, 3.05) is 12.4 Å². The number of methoxy groups -OCH3 is 1. The van der Waals surface area contributed by atoms with Crippen molar-refractivity contribution in [3.05, 3.63) is 76.2 Å². The Bertz CT molecular complexity index is 1400. The van der Waals surface area contributed by atoms with Crippen LogP contribution in [0.3, 0.4) is 0 Å². The Kier molecular flexibility index (Phi) is 6.60. The van der Waals surface area contributed by atoms with Gasteiger partial charge in [0, 0.05) is 23.6 Å². The third kappa shape index (κ3) is 4.76. The second kappa shape index (κ2) is 10.0. The average molecular weight is 503 g/mol. The number of nitrogens with two attached hydrogens (primary N) is 1. The first-order chi connectivity index (χ1) is 17.9. The highest BCUT2D eigenvalue weighted by Gasteiger charge is 2.33. The Morgan fingerprint density at radius 1 is 1.16 bits per heavy atom. The maximum atomic E-state index is 13.6. The largest absolute Gasteiger partial charge is 0.496 e. The Morgan fingerprint density at radius 3 is 2.57 bits per heavy atom. The van der Waals surface area contributed by atoms with Crippen LogP contribution < -0.4 is 21.1 Å². The van der Waals surface area contributed by atoms with Crippen LogP contribution in [0.2, 0.25) is 0 Å². The van der Waals surface area contributed by atoms with Crippen LogP contribution in [0.4, 0.5) is 10.1 Å². The number of pyridine rings is 1. The van der Waals surface area contributed by atoms with E-state index in [0.717, 1.165) is 48.6 Å². The summed E-state index contributed by atoms with van der Waals surface area (Å²) in [4.78, 5) is 42.3. The minimum Gasteiger partial charge on any atom is -0.496 e. The number of aromatic nitrogens is 1. The lowest BCUT2D eigenvalue weighted by Crippen LogP contribution is -2.23. The molecule has 190 valence electrons. The molecule has 2 aromatic carbocycles. The number of carbonyl (C=O) groups is 3. The van der Waals surface area contributed by atoms with Crippen LogP contribution in [-0.4, -0.2) is 29.8 Å². The molecule has 2 aliphatic rings. The summed E-state index contributed by atoms with van der Waals surface area (Å²) in [6, 6.07) is 11.0. The summed E-state index contributed by atoms with van der Waals surface area (Å²) in [7, 11) is 1.42. The molecule has 8 nitrogen and oxygen atoms in total. The first kappa shape index (κ1) is 24.4. The molecule has 5 rings (SSSR count). The van der Waals surface area contributed by atoms with Crippen LogP contribution in [0.25, 0.3) is 11.3 Å². The number of nitrogens with one attached hydrogen (secondary N) is 2. The second-order valence-corrected chi connectivity index (χ2v) is 9.37. The van der Waals surface area contributed by atoms with Crippen molar-refractivity contribution in [2.24, 2.45) is 5.73 Å². The van der Waals surface area contributed by atoms with E-state index in [2.05, 4.69) is 10.6 Å². The van der Waals surface area contributed by atoms with Gasteiger partial charge in [-0.3, -0.25) is 19.4 Å². The number of benzene rings is 2. The molecule has 0 atom stereocenters. The number of ether oxygens (including phenoxy) is 1. The maximum Gasteiger partial charge on any atom is 0.255 e. The van der Waals surface area contributed by atoms with Gasteiger partial charge in [-0.1, -0.05) is 37.1 Å². The van der Waals surface area contributed by atoms with Gasteiger partial charge < -0.3 is 21.1 Å². The van der Waals surface area contributed by atoms with Crippen LogP contribution in [0, 0.1) is 5.82 Å². The number of rotatable bonds is 7. The van der Waals surface area contributed by atoms with E-state index in [1.54, 1.807) is 12.1 Å². The van der Waals surface area contributed by atoms with Gasteiger partial charge in [-0.15, -0.1) is 0 Å². The fourth-order valence-electron chi connectivity index (χ4n) is 5.20. The summed E-state index contributed by atoms with van der Waals surface area (Å²) < 4.78 is 18.8. The second-order valence-electron chi connectivity index (χ2n) is 9.37. The molecular formula is C28H27FN4O4. The Hall–Kier alpha value is -4.27. The van der Waals surface area contributed by atoms with E-state index in [4.69, 9.17) is 15.5 Å². The summed E-state index contributed by atoms with van der Waals surface area (Å²) in [6.45, 7) is 0.197. The minimum absolute atomic E-state index is 0.106. The summed E-state index contributed by atoms with van der Waals surface area (Å²) in [5.41, 5.74) is 10.1. The highest BCUT2D eigenvalue weighted by atomic mass is 19.1. The molecule has 3 aromatic rings. The zero-order valence-electron chi connectivity index (χ0n) is 20.4. The molecule has 1 aliphatic heterocycles. The zero-order valence-corrected chi connectivity index (χ0v) is 20.4. The van der Waals surface area contributed by atoms with E-state index in [1.807, 2.05) is 12.1 Å². The van der Waals surface area contributed by atoms with E-state index in [1.165, 1.54) is 19.2 Å². The summed E-state index contributed by atoms with van der Waals surface area (Å²) in [6.07, 6.45) is 4.41. The SMILES string of the molecule is COc1ccc(F)cc1C(=O)NCc1ccc(-c2nc(C3CCCC3)c3c(c2C(N)=O)NC(=O)C3)cc1. The van der Waals surface area contributed by atoms with Crippen LogP contribution in [0.15, 0.2) is 42.5 Å². The van der Waals surface area contributed by atoms with Gasteiger partial charge in [0.25, 0.3) is 11.8 Å². The molecular weight excluding hydrogens is 475 g/mol. The van der Waals surface area contributed by atoms with E-state index in [0.29, 0.717) is 16.9 Å². The van der Waals surface area contributed by atoms with Gasteiger partial charge in [0.2, 0.25) is 5.91 Å². The monoisotopic (exact) mass is 502 g/mol. The molecule has 9 heteroatoms. The molecule has 0 saturated heterocycles. The molecule has 0 spiro atoms. The van der Waals surface area contributed by atoms with Crippen LogP contribution >= 0.6 is 0 Å². The predicted molar refractivity (Wildman–Crippen MR) is 136 cm³/mol. The molecule has 1 aromatic heterocycles. The van der Waals surface area contributed by atoms with Crippen LogP contribution in [-0.2, 0) is 17.8 Å². The van der Waals surface area contributed by atoms with Crippen molar-refractivity contribution in [1.82, 2.24) is 10.3 Å². The van der Waals surface area contributed by atoms with E-state index >= 15 is 0 Å².